The van der Waals surface area contributed by atoms with E-state index in [2.05, 4.69) is 16.9 Å². The van der Waals surface area contributed by atoms with Crippen LogP contribution in [0, 0.1) is 23.7 Å². The van der Waals surface area contributed by atoms with Gasteiger partial charge in [0.05, 0.1) is 18.5 Å². The molecule has 0 aromatic rings. The van der Waals surface area contributed by atoms with E-state index in [0.29, 0.717) is 6.42 Å². The first kappa shape index (κ1) is 6.13. The van der Waals surface area contributed by atoms with Crippen LogP contribution in [-0.4, -0.2) is 24.0 Å². The minimum absolute atomic E-state index is 0.0787. The quantitative estimate of drug-likeness (QED) is 0.385. The third-order valence-electron chi connectivity index (χ3n) is 1.40. The molecular formula is C7H8N2. The van der Waals surface area contributed by atoms with Crippen molar-refractivity contribution in [3.63, 3.8) is 0 Å². The molecular weight excluding hydrogens is 112 g/mol. The van der Waals surface area contributed by atoms with Gasteiger partial charge in [0.15, 0.2) is 0 Å². The van der Waals surface area contributed by atoms with Crippen LogP contribution in [-0.2, 0) is 0 Å². The average molecular weight is 120 g/mol. The number of hydrogen-bond donors (Lipinski definition) is 0. The normalized spacial score (nSPS) is 19.8. The van der Waals surface area contributed by atoms with Crippen LogP contribution < -0.4 is 0 Å². The van der Waals surface area contributed by atoms with Gasteiger partial charge in [-0.25, -0.2) is 0 Å². The van der Waals surface area contributed by atoms with Crippen molar-refractivity contribution in [3.8, 4) is 18.4 Å². The number of nitrogens with zero attached hydrogens (tertiary/aromatic N) is 2. The second kappa shape index (κ2) is 2.53. The highest BCUT2D eigenvalue weighted by atomic mass is 15.3. The summed E-state index contributed by atoms with van der Waals surface area (Å²) in [6, 6.07) is 2.13. The van der Waals surface area contributed by atoms with Crippen molar-refractivity contribution in [1.29, 1.82) is 5.26 Å². The second-order valence-corrected chi connectivity index (χ2v) is 2.08. The van der Waals surface area contributed by atoms with E-state index in [9.17, 15) is 0 Å². The molecule has 1 aliphatic rings. The predicted molar refractivity (Wildman–Crippen MR) is 34.4 cm³/mol. The van der Waals surface area contributed by atoms with Crippen LogP contribution in [0.4, 0.5) is 0 Å². The summed E-state index contributed by atoms with van der Waals surface area (Å²) < 4.78 is 0. The second-order valence-electron chi connectivity index (χ2n) is 2.08. The molecule has 1 aliphatic heterocycles. The molecule has 1 atom stereocenters. The molecule has 0 aromatic heterocycles. The fourth-order valence-corrected chi connectivity index (χ4v) is 0.749. The monoisotopic (exact) mass is 120 g/mol. The minimum atomic E-state index is 0.0787. The molecule has 2 nitrogen and oxygen atoms in total. The Bertz CT molecular complexity index is 168. The van der Waals surface area contributed by atoms with E-state index >= 15 is 0 Å². The summed E-state index contributed by atoms with van der Waals surface area (Å²) in [6.45, 7) is 2.13. The highest BCUT2D eigenvalue weighted by Gasteiger charge is 2.25. The topological polar surface area (TPSA) is 26.8 Å². The van der Waals surface area contributed by atoms with E-state index in [0.717, 1.165) is 13.1 Å². The van der Waals surface area contributed by atoms with E-state index in [-0.39, 0.29) is 6.04 Å². The first-order chi connectivity index (χ1) is 4.38. The third kappa shape index (κ3) is 1.45. The predicted octanol–water partition coefficient (Wildman–Crippen LogP) is 0.217. The van der Waals surface area contributed by atoms with Crippen molar-refractivity contribution in [2.24, 2.45) is 0 Å². The molecule has 0 aromatic carbocycles. The standard InChI is InChI=1S/C7H8N2/c1-2-7(3-4-8)9-5-6-9/h1,7H,3,5-6H2. The summed E-state index contributed by atoms with van der Waals surface area (Å²) >= 11 is 0. The lowest BCUT2D eigenvalue weighted by Gasteiger charge is -2.03. The Kier molecular flexibility index (Phi) is 1.72. The van der Waals surface area contributed by atoms with E-state index in [1.54, 1.807) is 0 Å². The van der Waals surface area contributed by atoms with E-state index < -0.39 is 0 Å². The Labute approximate surface area is 55.1 Å². The van der Waals surface area contributed by atoms with Gasteiger partial charge in [-0.1, -0.05) is 5.92 Å². The molecule has 1 saturated heterocycles. The Morgan fingerprint density at radius 3 is 2.67 bits per heavy atom. The molecule has 1 heterocycles. The molecule has 1 fully saturated rings. The lowest BCUT2D eigenvalue weighted by molar-refractivity contribution is 0.488. The van der Waals surface area contributed by atoms with Gasteiger partial charge < -0.3 is 0 Å². The molecule has 1 rings (SSSR count). The lowest BCUT2D eigenvalue weighted by Crippen LogP contribution is -2.14. The maximum absolute atomic E-state index is 8.27. The van der Waals surface area contributed by atoms with Gasteiger partial charge in [-0.05, 0) is 0 Å². The zero-order chi connectivity index (χ0) is 6.69. The first-order valence-corrected chi connectivity index (χ1v) is 2.95. The summed E-state index contributed by atoms with van der Waals surface area (Å²) in [6.07, 6.45) is 5.63. The van der Waals surface area contributed by atoms with Gasteiger partial charge in [0, 0.05) is 13.1 Å². The van der Waals surface area contributed by atoms with Gasteiger partial charge in [-0.2, -0.15) is 5.26 Å². The highest BCUT2D eigenvalue weighted by Crippen LogP contribution is 2.11. The van der Waals surface area contributed by atoms with Crippen LogP contribution >= 0.6 is 0 Å². The van der Waals surface area contributed by atoms with Crippen molar-refractivity contribution >= 4 is 0 Å². The van der Waals surface area contributed by atoms with Crippen LogP contribution in [0.25, 0.3) is 0 Å². The maximum atomic E-state index is 8.27. The maximum Gasteiger partial charge on any atom is 0.0844 e. The summed E-state index contributed by atoms with van der Waals surface area (Å²) in [7, 11) is 0. The number of terminal acetylenes is 1. The Balaban J connectivity index is 2.33. The fraction of sp³-hybridized carbons (Fsp3) is 0.571. The molecule has 0 bridgehead atoms. The molecule has 0 spiro atoms. The smallest absolute Gasteiger partial charge is 0.0844 e. The Hall–Kier alpha value is -0.990. The SMILES string of the molecule is C#CC(CC#N)N1CC1. The van der Waals surface area contributed by atoms with Crippen LogP contribution in [0.15, 0.2) is 0 Å². The molecule has 9 heavy (non-hydrogen) atoms. The lowest BCUT2D eigenvalue weighted by atomic mass is 10.2. The molecule has 2 heteroatoms. The zero-order valence-electron chi connectivity index (χ0n) is 5.17. The van der Waals surface area contributed by atoms with Gasteiger partial charge in [0.1, 0.15) is 0 Å². The molecule has 0 aliphatic carbocycles. The third-order valence-corrected chi connectivity index (χ3v) is 1.40. The van der Waals surface area contributed by atoms with E-state index in [4.69, 9.17) is 11.7 Å². The Morgan fingerprint density at radius 2 is 2.33 bits per heavy atom. The summed E-state index contributed by atoms with van der Waals surface area (Å²) in [5.74, 6) is 2.57. The van der Waals surface area contributed by atoms with Crippen molar-refractivity contribution in [3.05, 3.63) is 0 Å². The van der Waals surface area contributed by atoms with Crippen molar-refractivity contribution in [2.75, 3.05) is 13.1 Å². The number of nitriles is 1. The van der Waals surface area contributed by atoms with Gasteiger partial charge >= 0.3 is 0 Å². The van der Waals surface area contributed by atoms with E-state index in [1.165, 1.54) is 0 Å². The average Bonchev–Trinajstić information content (AvgIpc) is 2.64. The summed E-state index contributed by atoms with van der Waals surface area (Å²) in [4.78, 5) is 2.10. The van der Waals surface area contributed by atoms with Gasteiger partial charge in [0.25, 0.3) is 0 Å². The zero-order valence-corrected chi connectivity index (χ0v) is 5.17. The Morgan fingerprint density at radius 1 is 1.67 bits per heavy atom. The van der Waals surface area contributed by atoms with Gasteiger partial charge in [-0.15, -0.1) is 6.42 Å². The van der Waals surface area contributed by atoms with Gasteiger partial charge in [-0.3, -0.25) is 4.90 Å². The molecule has 0 radical (unpaired) electrons. The molecule has 0 N–H and O–H groups in total. The minimum Gasteiger partial charge on any atom is -0.286 e. The molecule has 0 amide bonds. The van der Waals surface area contributed by atoms with Gasteiger partial charge in [0.2, 0.25) is 0 Å². The highest BCUT2D eigenvalue weighted by molar-refractivity contribution is 5.07. The van der Waals surface area contributed by atoms with Crippen LogP contribution in [0.5, 0.6) is 0 Å². The van der Waals surface area contributed by atoms with Crippen molar-refractivity contribution in [2.45, 2.75) is 12.5 Å². The largest absolute Gasteiger partial charge is 0.286 e. The van der Waals surface area contributed by atoms with Crippen molar-refractivity contribution in [1.82, 2.24) is 4.90 Å². The van der Waals surface area contributed by atoms with E-state index in [1.807, 2.05) is 0 Å². The molecule has 46 valence electrons. The summed E-state index contributed by atoms with van der Waals surface area (Å²) in [5, 5.41) is 8.27. The summed E-state index contributed by atoms with van der Waals surface area (Å²) in [5.41, 5.74) is 0. The molecule has 1 unspecified atom stereocenters. The van der Waals surface area contributed by atoms with Crippen LogP contribution in [0.2, 0.25) is 0 Å². The fourth-order valence-electron chi connectivity index (χ4n) is 0.749. The van der Waals surface area contributed by atoms with Crippen LogP contribution in [0.1, 0.15) is 6.42 Å². The first-order valence-electron chi connectivity index (χ1n) is 2.95. The van der Waals surface area contributed by atoms with Crippen molar-refractivity contribution < 1.29 is 0 Å². The molecule has 0 saturated carbocycles. The number of hydrogen-bond acceptors (Lipinski definition) is 2. The van der Waals surface area contributed by atoms with Crippen LogP contribution in [0.3, 0.4) is 0 Å². The number of rotatable bonds is 2.